The highest BCUT2D eigenvalue weighted by Gasteiger charge is 2.28. The van der Waals surface area contributed by atoms with Crippen molar-refractivity contribution in [2.45, 2.75) is 32.8 Å². The van der Waals surface area contributed by atoms with Crippen LogP contribution in [0.15, 0.2) is 30.5 Å². The number of ether oxygens (including phenoxy) is 2. The average Bonchev–Trinajstić information content (AvgIpc) is 2.81. The van der Waals surface area contributed by atoms with E-state index < -0.39 is 12.0 Å². The molecule has 0 spiro atoms. The van der Waals surface area contributed by atoms with Crippen LogP contribution >= 0.6 is 0 Å². The Labute approximate surface area is 201 Å². The summed E-state index contributed by atoms with van der Waals surface area (Å²) < 4.78 is 11.1. The lowest BCUT2D eigenvalue weighted by atomic mass is 10.0. The molecule has 0 saturated carbocycles. The largest absolute Gasteiger partial charge is 0.496 e. The fraction of sp³-hybridized carbons (Fsp3) is 0.480. The molecule has 1 aromatic carbocycles. The minimum atomic E-state index is -0.967. The van der Waals surface area contributed by atoms with Gasteiger partial charge in [0.25, 0.3) is 5.91 Å². The van der Waals surface area contributed by atoms with Crippen LogP contribution in [0.3, 0.4) is 0 Å². The Hall–Kier alpha value is -3.19. The molecule has 1 aromatic heterocycles. The summed E-state index contributed by atoms with van der Waals surface area (Å²) in [6, 6.07) is 9.39. The van der Waals surface area contributed by atoms with Gasteiger partial charge in [-0.05, 0) is 44.5 Å². The van der Waals surface area contributed by atoms with Gasteiger partial charge in [-0.25, -0.2) is 4.98 Å². The van der Waals surface area contributed by atoms with E-state index in [1.54, 1.807) is 38.5 Å². The summed E-state index contributed by atoms with van der Waals surface area (Å²) in [4.78, 5) is 22.4. The number of hydrogen-bond donors (Lipinski definition) is 1. The maximum Gasteiger partial charge on any atom is 0.257 e. The van der Waals surface area contributed by atoms with Gasteiger partial charge in [-0.3, -0.25) is 9.69 Å². The summed E-state index contributed by atoms with van der Waals surface area (Å²) in [5, 5.41) is 20.1. The van der Waals surface area contributed by atoms with Gasteiger partial charge in [-0.2, -0.15) is 5.26 Å². The molecule has 0 radical (unpaired) electrons. The number of aliphatic hydroxyl groups excluding tert-OH is 1. The molecule has 9 heteroatoms. The molecular formula is C25H33N5O4. The van der Waals surface area contributed by atoms with Gasteiger partial charge in [-0.15, -0.1) is 0 Å². The zero-order valence-electron chi connectivity index (χ0n) is 20.7. The zero-order valence-corrected chi connectivity index (χ0v) is 20.7. The van der Waals surface area contributed by atoms with Crippen molar-refractivity contribution >= 4 is 11.7 Å². The van der Waals surface area contributed by atoms with Gasteiger partial charge in [0.05, 0.1) is 23.8 Å². The maximum absolute atomic E-state index is 12.4. The third kappa shape index (κ3) is 5.83. The summed E-state index contributed by atoms with van der Waals surface area (Å²) in [6.07, 6.45) is 0.757. The lowest BCUT2D eigenvalue weighted by molar-refractivity contribution is -0.239. The van der Waals surface area contributed by atoms with Crippen molar-refractivity contribution < 1.29 is 19.4 Å². The van der Waals surface area contributed by atoms with Crippen molar-refractivity contribution in [3.8, 4) is 22.9 Å². The van der Waals surface area contributed by atoms with Crippen molar-refractivity contribution in [2.75, 3.05) is 52.3 Å². The normalized spacial score (nSPS) is 15.5. The fourth-order valence-corrected chi connectivity index (χ4v) is 3.78. The van der Waals surface area contributed by atoms with Crippen LogP contribution in [0.2, 0.25) is 0 Å². The number of aromatic nitrogens is 1. The second-order valence-electron chi connectivity index (χ2n) is 9.40. The van der Waals surface area contributed by atoms with Crippen LogP contribution in [0.25, 0.3) is 11.1 Å². The number of pyridine rings is 1. The Morgan fingerprint density at radius 1 is 1.18 bits per heavy atom. The van der Waals surface area contributed by atoms with E-state index in [1.165, 1.54) is 12.0 Å². The molecule has 2 heterocycles. The second kappa shape index (κ2) is 10.4. The van der Waals surface area contributed by atoms with Crippen molar-refractivity contribution in [1.29, 1.82) is 5.26 Å². The van der Waals surface area contributed by atoms with E-state index in [-0.39, 0.29) is 5.91 Å². The number of nitrogens with zero attached hydrogens (tertiary/aromatic N) is 5. The van der Waals surface area contributed by atoms with Gasteiger partial charge in [0.15, 0.2) is 0 Å². The summed E-state index contributed by atoms with van der Waals surface area (Å²) in [5.74, 6) is 0.932. The standard InChI is InChI=1S/C25H33N5O4/c1-25(2,3)34-24(32)30-11-9-29(10-12-30)22-18(15-26)13-19(16-27-22)17-7-8-20(21(14-17)33-6)23(31)28(4)5/h7-8,13-14,16,24,32H,9-12H2,1-6H3. The van der Waals surface area contributed by atoms with Gasteiger partial charge in [-0.1, -0.05) is 6.07 Å². The van der Waals surface area contributed by atoms with Crippen molar-refractivity contribution in [3.63, 3.8) is 0 Å². The lowest BCUT2D eigenvalue weighted by Gasteiger charge is -2.39. The van der Waals surface area contributed by atoms with Crippen LogP contribution in [0.1, 0.15) is 36.7 Å². The summed E-state index contributed by atoms with van der Waals surface area (Å²) in [5.41, 5.74) is 2.05. The average molecular weight is 468 g/mol. The molecule has 1 atom stereocenters. The van der Waals surface area contributed by atoms with Crippen LogP contribution in [0.4, 0.5) is 5.82 Å². The van der Waals surface area contributed by atoms with Crippen molar-refractivity contribution in [1.82, 2.24) is 14.8 Å². The Kier molecular flexibility index (Phi) is 7.77. The molecule has 3 rings (SSSR count). The minimum absolute atomic E-state index is 0.147. The first-order chi connectivity index (χ1) is 16.0. The molecule has 1 aliphatic rings. The van der Waals surface area contributed by atoms with Gasteiger partial charge >= 0.3 is 0 Å². The second-order valence-corrected chi connectivity index (χ2v) is 9.40. The summed E-state index contributed by atoms with van der Waals surface area (Å²) >= 11 is 0. The smallest absolute Gasteiger partial charge is 0.257 e. The van der Waals surface area contributed by atoms with Crippen molar-refractivity contribution in [3.05, 3.63) is 41.6 Å². The van der Waals surface area contributed by atoms with E-state index in [0.29, 0.717) is 48.9 Å². The van der Waals surface area contributed by atoms with Crippen LogP contribution in [-0.4, -0.2) is 85.2 Å². The third-order valence-corrected chi connectivity index (χ3v) is 5.54. The maximum atomic E-state index is 12.4. The van der Waals surface area contributed by atoms with Gasteiger partial charge in [0.1, 0.15) is 17.6 Å². The number of benzene rings is 1. The number of hydrogen-bond acceptors (Lipinski definition) is 8. The molecule has 1 N–H and O–H groups in total. The summed E-state index contributed by atoms with van der Waals surface area (Å²) in [7, 11) is 4.90. The SMILES string of the molecule is COc1cc(-c2cnc(N3CCN(C(O)OC(C)(C)C)CC3)c(C#N)c2)ccc1C(=O)N(C)C. The quantitative estimate of drug-likeness (QED) is 0.647. The Bertz CT molecular complexity index is 1070. The number of piperazine rings is 1. The highest BCUT2D eigenvalue weighted by atomic mass is 16.6. The Morgan fingerprint density at radius 2 is 1.85 bits per heavy atom. The molecule has 1 saturated heterocycles. The Balaban J connectivity index is 1.78. The van der Waals surface area contributed by atoms with E-state index in [2.05, 4.69) is 11.1 Å². The summed E-state index contributed by atoms with van der Waals surface area (Å²) in [6.45, 7) is 8.11. The molecule has 1 unspecified atom stereocenters. The highest BCUT2D eigenvalue weighted by molar-refractivity contribution is 5.97. The first-order valence-electron chi connectivity index (χ1n) is 11.2. The number of anilines is 1. The van der Waals surface area contributed by atoms with Gasteiger partial charge < -0.3 is 24.4 Å². The number of carbonyl (C=O) groups excluding carboxylic acids is 1. The fourth-order valence-electron chi connectivity index (χ4n) is 3.78. The number of methoxy groups -OCH3 is 1. The van der Waals surface area contributed by atoms with Gasteiger partial charge in [0.2, 0.25) is 6.41 Å². The lowest BCUT2D eigenvalue weighted by Crippen LogP contribution is -2.52. The first kappa shape index (κ1) is 25.4. The predicted molar refractivity (Wildman–Crippen MR) is 130 cm³/mol. The van der Waals surface area contributed by atoms with E-state index in [1.807, 2.05) is 36.6 Å². The minimum Gasteiger partial charge on any atom is -0.496 e. The first-order valence-corrected chi connectivity index (χ1v) is 11.2. The molecule has 2 aromatic rings. The van der Waals surface area contributed by atoms with Crippen LogP contribution in [-0.2, 0) is 4.74 Å². The monoisotopic (exact) mass is 467 g/mol. The van der Waals surface area contributed by atoms with E-state index >= 15 is 0 Å². The van der Waals surface area contributed by atoms with Crippen LogP contribution in [0.5, 0.6) is 5.75 Å². The number of amides is 1. The number of carbonyl (C=O) groups is 1. The number of aliphatic hydroxyl groups is 1. The van der Waals surface area contributed by atoms with Crippen LogP contribution < -0.4 is 9.64 Å². The molecule has 0 aliphatic carbocycles. The van der Waals surface area contributed by atoms with Gasteiger partial charge in [0, 0.05) is 52.0 Å². The molecule has 9 nitrogen and oxygen atoms in total. The number of rotatable bonds is 6. The Morgan fingerprint density at radius 3 is 2.41 bits per heavy atom. The highest BCUT2D eigenvalue weighted by Crippen LogP contribution is 2.30. The van der Waals surface area contributed by atoms with Crippen LogP contribution in [0, 0.1) is 11.3 Å². The van der Waals surface area contributed by atoms with E-state index in [0.717, 1.165) is 11.1 Å². The molecular weight excluding hydrogens is 434 g/mol. The topological polar surface area (TPSA) is 102 Å². The van der Waals surface area contributed by atoms with E-state index in [9.17, 15) is 15.2 Å². The molecule has 1 aliphatic heterocycles. The van der Waals surface area contributed by atoms with E-state index in [4.69, 9.17) is 9.47 Å². The number of nitriles is 1. The third-order valence-electron chi connectivity index (χ3n) is 5.54. The zero-order chi connectivity index (χ0) is 25.0. The molecule has 1 amide bonds. The predicted octanol–water partition coefficient (Wildman–Crippen LogP) is 2.54. The molecule has 1 fully saturated rings. The van der Waals surface area contributed by atoms with Crippen molar-refractivity contribution in [2.24, 2.45) is 0 Å². The molecule has 0 bridgehead atoms. The molecule has 182 valence electrons. The molecule has 34 heavy (non-hydrogen) atoms.